The predicted octanol–water partition coefficient (Wildman–Crippen LogP) is 3.86. The highest BCUT2D eigenvalue weighted by Crippen LogP contribution is 2.38. The summed E-state index contributed by atoms with van der Waals surface area (Å²) < 4.78 is 0. The Balaban J connectivity index is 1.89. The lowest BCUT2D eigenvalue weighted by Gasteiger charge is -2.32. The molecule has 26 heavy (non-hydrogen) atoms. The number of hydrogen-bond acceptors (Lipinski definition) is 3. The zero-order valence-electron chi connectivity index (χ0n) is 14.5. The Bertz CT molecular complexity index is 952. The molecule has 0 radical (unpaired) electrons. The molecule has 0 saturated heterocycles. The molecule has 0 spiro atoms. The second-order valence-corrected chi connectivity index (χ2v) is 6.70. The van der Waals surface area contributed by atoms with Crippen molar-refractivity contribution in [3.8, 4) is 16.9 Å². The quantitative estimate of drug-likeness (QED) is 0.661. The third-order valence-corrected chi connectivity index (χ3v) is 4.99. The van der Waals surface area contributed by atoms with Gasteiger partial charge in [-0.15, -0.1) is 0 Å². The molecule has 0 aromatic heterocycles. The van der Waals surface area contributed by atoms with E-state index in [9.17, 15) is 9.90 Å². The van der Waals surface area contributed by atoms with Gasteiger partial charge in [-0.25, -0.2) is 0 Å². The summed E-state index contributed by atoms with van der Waals surface area (Å²) >= 11 is 0. The second kappa shape index (κ2) is 6.32. The maximum absolute atomic E-state index is 12.2. The van der Waals surface area contributed by atoms with E-state index in [0.29, 0.717) is 0 Å². The molecule has 1 amide bonds. The van der Waals surface area contributed by atoms with E-state index < -0.39 is 5.54 Å². The van der Waals surface area contributed by atoms with Crippen LogP contribution in [0.15, 0.2) is 72.8 Å². The summed E-state index contributed by atoms with van der Waals surface area (Å²) in [6.45, 7) is 2.34. The van der Waals surface area contributed by atoms with Gasteiger partial charge in [0.25, 0.3) is 0 Å². The maximum Gasteiger partial charge on any atom is 0.238 e. The summed E-state index contributed by atoms with van der Waals surface area (Å²) in [6.07, 6.45) is 0. The molecule has 4 rings (SSSR count). The molecule has 0 bridgehead atoms. The molecule has 1 atom stereocenters. The van der Waals surface area contributed by atoms with E-state index in [1.54, 1.807) is 12.1 Å². The van der Waals surface area contributed by atoms with Crippen molar-refractivity contribution < 1.29 is 9.90 Å². The highest BCUT2D eigenvalue weighted by atomic mass is 16.3. The third-order valence-electron chi connectivity index (χ3n) is 4.99. The van der Waals surface area contributed by atoms with Crippen molar-refractivity contribution in [2.45, 2.75) is 12.5 Å². The van der Waals surface area contributed by atoms with E-state index in [2.05, 4.69) is 35.8 Å². The summed E-state index contributed by atoms with van der Waals surface area (Å²) in [5.41, 5.74) is 4.47. The molecule has 1 aliphatic rings. The van der Waals surface area contributed by atoms with Crippen LogP contribution in [0, 0.1) is 0 Å². The van der Waals surface area contributed by atoms with Crippen LogP contribution in [0.3, 0.4) is 0 Å². The third kappa shape index (κ3) is 2.85. The van der Waals surface area contributed by atoms with Crippen LogP contribution >= 0.6 is 0 Å². The normalized spacial score (nSPS) is 19.3. The van der Waals surface area contributed by atoms with Crippen molar-refractivity contribution in [2.75, 3.05) is 11.9 Å². The number of hydrogen-bond donors (Lipinski definition) is 3. The van der Waals surface area contributed by atoms with Gasteiger partial charge in [0, 0.05) is 11.3 Å². The molecule has 4 nitrogen and oxygen atoms in total. The second-order valence-electron chi connectivity index (χ2n) is 6.70. The monoisotopic (exact) mass is 344 g/mol. The van der Waals surface area contributed by atoms with E-state index in [1.807, 2.05) is 42.5 Å². The standard InChI is InChI=1S/C22H20N2O2/c1-22(17-5-3-2-4-6-17)19-13-16(15-7-10-18(25)11-8-15)9-12-20(19)24-21(26)14-23-22/h2-13,23,25H,14H2,1H3,(H,24,26)/t22-/m1/s1. The van der Waals surface area contributed by atoms with Gasteiger partial charge in [-0.2, -0.15) is 0 Å². The van der Waals surface area contributed by atoms with Crippen LogP contribution in [-0.2, 0) is 10.3 Å². The number of nitrogens with one attached hydrogen (secondary N) is 2. The van der Waals surface area contributed by atoms with Gasteiger partial charge in [-0.1, -0.05) is 48.5 Å². The minimum atomic E-state index is -0.497. The fourth-order valence-corrected chi connectivity index (χ4v) is 3.48. The van der Waals surface area contributed by atoms with E-state index in [1.165, 1.54) is 0 Å². The molecule has 1 aliphatic heterocycles. The minimum absolute atomic E-state index is 0.0525. The lowest BCUT2D eigenvalue weighted by atomic mass is 9.82. The average Bonchev–Trinajstić information content (AvgIpc) is 2.80. The van der Waals surface area contributed by atoms with Crippen molar-refractivity contribution in [3.05, 3.63) is 83.9 Å². The van der Waals surface area contributed by atoms with E-state index >= 15 is 0 Å². The van der Waals surface area contributed by atoms with E-state index in [4.69, 9.17) is 0 Å². The van der Waals surface area contributed by atoms with Gasteiger partial charge in [0.15, 0.2) is 0 Å². The van der Waals surface area contributed by atoms with Gasteiger partial charge < -0.3 is 10.4 Å². The Hall–Kier alpha value is -3.11. The highest BCUT2D eigenvalue weighted by molar-refractivity contribution is 5.95. The molecule has 3 aromatic carbocycles. The SMILES string of the molecule is C[C@]1(c2ccccc2)NCC(=O)Nc2ccc(-c3ccc(O)cc3)cc21. The first-order valence-corrected chi connectivity index (χ1v) is 8.60. The number of carbonyl (C=O) groups is 1. The first-order chi connectivity index (χ1) is 12.6. The Morgan fingerprint density at radius 2 is 1.62 bits per heavy atom. The first kappa shape index (κ1) is 16.4. The Kier molecular flexibility index (Phi) is 3.98. The number of phenolic OH excluding ortho intramolecular Hbond substituents is 1. The summed E-state index contributed by atoms with van der Waals surface area (Å²) in [4.78, 5) is 12.2. The highest BCUT2D eigenvalue weighted by Gasteiger charge is 2.34. The van der Waals surface area contributed by atoms with Crippen molar-refractivity contribution in [2.24, 2.45) is 0 Å². The molecule has 0 fully saturated rings. The van der Waals surface area contributed by atoms with Crippen LogP contribution in [0.2, 0.25) is 0 Å². The lowest BCUT2D eigenvalue weighted by Crippen LogP contribution is -2.42. The van der Waals surface area contributed by atoms with Gasteiger partial charge in [-0.3, -0.25) is 10.1 Å². The smallest absolute Gasteiger partial charge is 0.238 e. The van der Waals surface area contributed by atoms with Crippen LogP contribution in [0.4, 0.5) is 5.69 Å². The summed E-state index contributed by atoms with van der Waals surface area (Å²) in [5.74, 6) is 0.190. The van der Waals surface area contributed by atoms with Crippen LogP contribution in [-0.4, -0.2) is 17.6 Å². The van der Waals surface area contributed by atoms with Gasteiger partial charge in [0.1, 0.15) is 5.75 Å². The molecule has 4 heteroatoms. The number of rotatable bonds is 2. The van der Waals surface area contributed by atoms with Crippen LogP contribution in [0.25, 0.3) is 11.1 Å². The fraction of sp³-hybridized carbons (Fsp3) is 0.136. The van der Waals surface area contributed by atoms with Crippen LogP contribution < -0.4 is 10.6 Å². The number of fused-ring (bicyclic) bond motifs is 1. The summed E-state index contributed by atoms with van der Waals surface area (Å²) in [6, 6.07) is 23.3. The van der Waals surface area contributed by atoms with Gasteiger partial charge in [0.2, 0.25) is 5.91 Å². The van der Waals surface area contributed by atoms with Crippen molar-refractivity contribution in [3.63, 3.8) is 0 Å². The van der Waals surface area contributed by atoms with Crippen LogP contribution in [0.1, 0.15) is 18.1 Å². The maximum atomic E-state index is 12.2. The van der Waals surface area contributed by atoms with Crippen molar-refractivity contribution in [1.82, 2.24) is 5.32 Å². The number of phenols is 1. The molecular formula is C22H20N2O2. The average molecular weight is 344 g/mol. The summed E-state index contributed by atoms with van der Waals surface area (Å²) in [5, 5.41) is 15.9. The van der Waals surface area contributed by atoms with Gasteiger partial charge >= 0.3 is 0 Å². The molecule has 1 heterocycles. The minimum Gasteiger partial charge on any atom is -0.508 e. The molecule has 3 N–H and O–H groups in total. The van der Waals surface area contributed by atoms with Crippen LogP contribution in [0.5, 0.6) is 5.75 Å². The number of benzene rings is 3. The molecular weight excluding hydrogens is 324 g/mol. The predicted molar refractivity (Wildman–Crippen MR) is 103 cm³/mol. The Labute approximate surface area is 152 Å². The zero-order valence-corrected chi connectivity index (χ0v) is 14.5. The molecule has 0 aliphatic carbocycles. The number of anilines is 1. The Morgan fingerprint density at radius 1 is 0.923 bits per heavy atom. The fourth-order valence-electron chi connectivity index (χ4n) is 3.48. The summed E-state index contributed by atoms with van der Waals surface area (Å²) in [7, 11) is 0. The van der Waals surface area contributed by atoms with Gasteiger partial charge in [0.05, 0.1) is 12.1 Å². The van der Waals surface area contributed by atoms with Crippen molar-refractivity contribution >= 4 is 11.6 Å². The van der Waals surface area contributed by atoms with E-state index in [0.717, 1.165) is 27.9 Å². The van der Waals surface area contributed by atoms with Gasteiger partial charge in [-0.05, 0) is 47.9 Å². The molecule has 3 aromatic rings. The number of aromatic hydroxyl groups is 1. The van der Waals surface area contributed by atoms with Crippen molar-refractivity contribution in [1.29, 1.82) is 0 Å². The number of amides is 1. The Morgan fingerprint density at radius 3 is 2.35 bits per heavy atom. The lowest BCUT2D eigenvalue weighted by molar-refractivity contribution is -0.115. The van der Waals surface area contributed by atoms with E-state index in [-0.39, 0.29) is 18.2 Å². The number of carbonyl (C=O) groups excluding carboxylic acids is 1. The molecule has 0 saturated carbocycles. The molecule has 0 unspecified atom stereocenters. The zero-order chi connectivity index (χ0) is 18.1. The topological polar surface area (TPSA) is 61.4 Å². The molecule has 130 valence electrons. The largest absolute Gasteiger partial charge is 0.508 e. The first-order valence-electron chi connectivity index (χ1n) is 8.60.